The van der Waals surface area contributed by atoms with Crippen LogP contribution in [0, 0.1) is 20.8 Å². The highest BCUT2D eigenvalue weighted by Crippen LogP contribution is 2.28. The van der Waals surface area contributed by atoms with E-state index in [-0.39, 0.29) is 6.04 Å². The standard InChI is InChI=1S/C16H19ClN2/c1-10-6-11(2)8-13(7-10)16(19-18)15-9-14(17)5-4-12(15)3/h4-9,16,19H,18H2,1-3H3. The molecule has 0 saturated carbocycles. The Bertz CT molecular complexity index is 573. The van der Waals surface area contributed by atoms with Crippen molar-refractivity contribution in [1.82, 2.24) is 5.43 Å². The topological polar surface area (TPSA) is 38.0 Å². The molecule has 2 aromatic carbocycles. The summed E-state index contributed by atoms with van der Waals surface area (Å²) in [6.07, 6.45) is 0. The summed E-state index contributed by atoms with van der Waals surface area (Å²) < 4.78 is 0. The first-order chi connectivity index (χ1) is 9.01. The van der Waals surface area contributed by atoms with Crippen LogP contribution in [0.1, 0.15) is 33.9 Å². The predicted molar refractivity (Wildman–Crippen MR) is 81.3 cm³/mol. The van der Waals surface area contributed by atoms with E-state index < -0.39 is 0 Å². The van der Waals surface area contributed by atoms with Gasteiger partial charge in [0.2, 0.25) is 0 Å². The van der Waals surface area contributed by atoms with E-state index in [0.717, 1.165) is 16.1 Å². The molecule has 100 valence electrons. The number of rotatable bonds is 3. The lowest BCUT2D eigenvalue weighted by Gasteiger charge is -2.20. The summed E-state index contributed by atoms with van der Waals surface area (Å²) in [4.78, 5) is 0. The average Bonchev–Trinajstić information content (AvgIpc) is 2.33. The van der Waals surface area contributed by atoms with Crippen molar-refractivity contribution in [3.05, 3.63) is 69.2 Å². The van der Waals surface area contributed by atoms with Crippen molar-refractivity contribution in [2.75, 3.05) is 0 Å². The molecule has 2 rings (SSSR count). The quantitative estimate of drug-likeness (QED) is 0.660. The van der Waals surface area contributed by atoms with Gasteiger partial charge in [-0.05, 0) is 49.6 Å². The predicted octanol–water partition coefficient (Wildman–Crippen LogP) is 3.82. The third-order valence-electron chi connectivity index (χ3n) is 3.30. The molecule has 0 saturated heterocycles. The van der Waals surface area contributed by atoms with Crippen LogP contribution in [-0.4, -0.2) is 0 Å². The van der Waals surface area contributed by atoms with Crippen LogP contribution in [0.15, 0.2) is 36.4 Å². The van der Waals surface area contributed by atoms with E-state index in [1.807, 2.05) is 18.2 Å². The maximum Gasteiger partial charge on any atom is 0.0713 e. The van der Waals surface area contributed by atoms with Crippen molar-refractivity contribution < 1.29 is 0 Å². The molecular formula is C16H19ClN2. The average molecular weight is 275 g/mol. The van der Waals surface area contributed by atoms with E-state index in [4.69, 9.17) is 17.4 Å². The van der Waals surface area contributed by atoms with Crippen molar-refractivity contribution in [2.45, 2.75) is 26.8 Å². The Balaban J connectivity index is 2.52. The normalized spacial score (nSPS) is 12.5. The van der Waals surface area contributed by atoms with Crippen molar-refractivity contribution in [3.63, 3.8) is 0 Å². The van der Waals surface area contributed by atoms with Crippen molar-refractivity contribution in [3.8, 4) is 0 Å². The first kappa shape index (κ1) is 14.1. The molecule has 0 spiro atoms. The Morgan fingerprint density at radius 2 is 1.63 bits per heavy atom. The molecule has 0 aliphatic heterocycles. The molecule has 3 heteroatoms. The third-order valence-corrected chi connectivity index (χ3v) is 3.53. The van der Waals surface area contributed by atoms with Crippen LogP contribution in [0.25, 0.3) is 0 Å². The van der Waals surface area contributed by atoms with E-state index in [1.165, 1.54) is 16.7 Å². The maximum atomic E-state index is 6.10. The SMILES string of the molecule is Cc1cc(C)cc(C(NN)c2cc(Cl)ccc2C)c1. The van der Waals surface area contributed by atoms with E-state index >= 15 is 0 Å². The van der Waals surface area contributed by atoms with Gasteiger partial charge in [-0.1, -0.05) is 47.0 Å². The largest absolute Gasteiger partial charge is 0.271 e. The van der Waals surface area contributed by atoms with Gasteiger partial charge >= 0.3 is 0 Å². The molecule has 19 heavy (non-hydrogen) atoms. The van der Waals surface area contributed by atoms with E-state index in [9.17, 15) is 0 Å². The number of hydrogen-bond acceptors (Lipinski definition) is 2. The molecule has 2 nitrogen and oxygen atoms in total. The molecule has 0 heterocycles. The number of nitrogens with one attached hydrogen (secondary N) is 1. The monoisotopic (exact) mass is 274 g/mol. The Morgan fingerprint density at radius 1 is 1.00 bits per heavy atom. The number of halogens is 1. The van der Waals surface area contributed by atoms with Gasteiger partial charge in [-0.25, -0.2) is 5.43 Å². The summed E-state index contributed by atoms with van der Waals surface area (Å²) in [6, 6.07) is 12.3. The molecule has 1 unspecified atom stereocenters. The lowest BCUT2D eigenvalue weighted by molar-refractivity contribution is 0.633. The summed E-state index contributed by atoms with van der Waals surface area (Å²) >= 11 is 6.10. The first-order valence-electron chi connectivity index (χ1n) is 6.31. The molecule has 0 radical (unpaired) electrons. The van der Waals surface area contributed by atoms with Gasteiger partial charge in [-0.15, -0.1) is 0 Å². The van der Waals surface area contributed by atoms with Gasteiger partial charge in [0.25, 0.3) is 0 Å². The molecule has 0 aliphatic carbocycles. The van der Waals surface area contributed by atoms with Crippen LogP contribution in [-0.2, 0) is 0 Å². The minimum atomic E-state index is -0.0442. The van der Waals surface area contributed by atoms with Gasteiger partial charge in [0.05, 0.1) is 6.04 Å². The zero-order chi connectivity index (χ0) is 14.0. The second-order valence-corrected chi connectivity index (χ2v) is 5.46. The zero-order valence-corrected chi connectivity index (χ0v) is 12.3. The summed E-state index contributed by atoms with van der Waals surface area (Å²) in [5, 5.41) is 0.727. The number of nitrogens with two attached hydrogens (primary N) is 1. The summed E-state index contributed by atoms with van der Waals surface area (Å²) in [5.74, 6) is 5.76. The van der Waals surface area contributed by atoms with Crippen molar-refractivity contribution in [2.24, 2.45) is 5.84 Å². The fraction of sp³-hybridized carbons (Fsp3) is 0.250. The van der Waals surface area contributed by atoms with Gasteiger partial charge in [-0.2, -0.15) is 0 Å². The van der Waals surface area contributed by atoms with E-state index in [2.05, 4.69) is 44.4 Å². The third kappa shape index (κ3) is 3.16. The molecule has 3 N–H and O–H groups in total. The Hall–Kier alpha value is -1.35. The van der Waals surface area contributed by atoms with Crippen molar-refractivity contribution in [1.29, 1.82) is 0 Å². The maximum absolute atomic E-state index is 6.10. The minimum Gasteiger partial charge on any atom is -0.271 e. The first-order valence-corrected chi connectivity index (χ1v) is 6.69. The van der Waals surface area contributed by atoms with E-state index in [0.29, 0.717) is 0 Å². The Kier molecular flexibility index (Phi) is 4.25. The second kappa shape index (κ2) is 5.74. The smallest absolute Gasteiger partial charge is 0.0713 e. The van der Waals surface area contributed by atoms with Crippen LogP contribution in [0.4, 0.5) is 0 Å². The summed E-state index contributed by atoms with van der Waals surface area (Å²) in [5.41, 5.74) is 8.80. The van der Waals surface area contributed by atoms with Gasteiger partial charge in [0.1, 0.15) is 0 Å². The Labute approximate surface area is 119 Å². The van der Waals surface area contributed by atoms with Crippen LogP contribution in [0.3, 0.4) is 0 Å². The lowest BCUT2D eigenvalue weighted by atomic mass is 9.93. The van der Waals surface area contributed by atoms with Gasteiger partial charge in [0, 0.05) is 5.02 Å². The van der Waals surface area contributed by atoms with Gasteiger partial charge in [-0.3, -0.25) is 5.84 Å². The van der Waals surface area contributed by atoms with Crippen LogP contribution in [0.2, 0.25) is 5.02 Å². The van der Waals surface area contributed by atoms with Crippen molar-refractivity contribution >= 4 is 11.6 Å². The van der Waals surface area contributed by atoms with Crippen LogP contribution < -0.4 is 11.3 Å². The minimum absolute atomic E-state index is 0.0442. The fourth-order valence-electron chi connectivity index (χ4n) is 2.46. The Morgan fingerprint density at radius 3 is 2.21 bits per heavy atom. The van der Waals surface area contributed by atoms with Gasteiger partial charge in [0.15, 0.2) is 0 Å². The second-order valence-electron chi connectivity index (χ2n) is 5.02. The highest BCUT2D eigenvalue weighted by atomic mass is 35.5. The molecule has 0 amide bonds. The molecule has 0 fully saturated rings. The molecule has 2 aromatic rings. The van der Waals surface area contributed by atoms with Gasteiger partial charge < -0.3 is 0 Å². The molecule has 1 atom stereocenters. The highest BCUT2D eigenvalue weighted by molar-refractivity contribution is 6.30. The van der Waals surface area contributed by atoms with Crippen LogP contribution >= 0.6 is 11.6 Å². The number of aryl methyl sites for hydroxylation is 3. The highest BCUT2D eigenvalue weighted by Gasteiger charge is 2.15. The molecule has 0 aromatic heterocycles. The molecule has 0 aliphatic rings. The number of hydrazine groups is 1. The summed E-state index contributed by atoms with van der Waals surface area (Å²) in [7, 11) is 0. The summed E-state index contributed by atoms with van der Waals surface area (Å²) in [6.45, 7) is 6.25. The zero-order valence-electron chi connectivity index (χ0n) is 11.5. The van der Waals surface area contributed by atoms with Crippen LogP contribution in [0.5, 0.6) is 0 Å². The molecular weight excluding hydrogens is 256 g/mol. The molecule has 0 bridgehead atoms. The van der Waals surface area contributed by atoms with E-state index in [1.54, 1.807) is 0 Å². The number of hydrogen-bond donors (Lipinski definition) is 2. The lowest BCUT2D eigenvalue weighted by Crippen LogP contribution is -2.29. The fourth-order valence-corrected chi connectivity index (χ4v) is 2.65. The number of benzene rings is 2.